The minimum Gasteiger partial charge on any atom is -0.449 e. The maximum atomic E-state index is 11.9. The number of nitrogens with zero attached hydrogens (tertiary/aromatic N) is 1. The van der Waals surface area contributed by atoms with E-state index in [0.717, 1.165) is 0 Å². The molecule has 10 heteroatoms. The summed E-state index contributed by atoms with van der Waals surface area (Å²) in [4.78, 5) is 62.6. The molecule has 0 radical (unpaired) electrons. The number of hydrogen-bond acceptors (Lipinski definition) is 8. The van der Waals surface area contributed by atoms with Crippen LogP contribution in [0.1, 0.15) is 47.5 Å². The van der Waals surface area contributed by atoms with Crippen molar-refractivity contribution in [2.24, 2.45) is 0 Å². The SMILES string of the molecule is C[C@H](NC(=O)OC(C)(C)C)C(=O)O[C@@H](C)C(=O)ON1C(=O)CCC1=O. The molecule has 0 bridgehead atoms. The van der Waals surface area contributed by atoms with Crippen LogP contribution in [0.2, 0.25) is 0 Å². The molecule has 25 heavy (non-hydrogen) atoms. The van der Waals surface area contributed by atoms with Gasteiger partial charge in [-0.05, 0) is 34.6 Å². The fourth-order valence-corrected chi connectivity index (χ4v) is 1.69. The molecule has 0 aromatic rings. The second-order valence-corrected chi connectivity index (χ2v) is 6.44. The smallest absolute Gasteiger partial charge is 0.408 e. The van der Waals surface area contributed by atoms with Crippen molar-refractivity contribution >= 4 is 29.8 Å². The molecule has 1 heterocycles. The van der Waals surface area contributed by atoms with Crippen molar-refractivity contribution in [2.45, 2.75) is 65.2 Å². The molecule has 0 unspecified atom stereocenters. The predicted octanol–water partition coefficient (Wildman–Crippen LogP) is 0.438. The molecule has 0 saturated carbocycles. The van der Waals surface area contributed by atoms with E-state index in [4.69, 9.17) is 9.47 Å². The first-order valence-corrected chi connectivity index (χ1v) is 7.68. The summed E-state index contributed by atoms with van der Waals surface area (Å²) in [6, 6.07) is -1.08. The molecule has 140 valence electrons. The summed E-state index contributed by atoms with van der Waals surface area (Å²) in [6.07, 6.45) is -2.29. The van der Waals surface area contributed by atoms with Gasteiger partial charge in [0.25, 0.3) is 11.8 Å². The molecule has 0 aromatic heterocycles. The van der Waals surface area contributed by atoms with Gasteiger partial charge in [0.05, 0.1) is 0 Å². The van der Waals surface area contributed by atoms with E-state index in [1.54, 1.807) is 20.8 Å². The van der Waals surface area contributed by atoms with E-state index < -0.39 is 47.6 Å². The predicted molar refractivity (Wildman–Crippen MR) is 81.6 cm³/mol. The van der Waals surface area contributed by atoms with Gasteiger partial charge in [-0.15, -0.1) is 5.06 Å². The van der Waals surface area contributed by atoms with Gasteiger partial charge in [-0.2, -0.15) is 0 Å². The Hall–Kier alpha value is -2.65. The van der Waals surface area contributed by atoms with Crippen molar-refractivity contribution in [3.63, 3.8) is 0 Å². The van der Waals surface area contributed by atoms with Gasteiger partial charge in [0.15, 0.2) is 6.10 Å². The molecular formula is C15H22N2O8. The van der Waals surface area contributed by atoms with Gasteiger partial charge >= 0.3 is 18.0 Å². The Morgan fingerprint density at radius 1 is 1.04 bits per heavy atom. The van der Waals surface area contributed by atoms with Gasteiger partial charge in [0, 0.05) is 12.8 Å². The first-order valence-electron chi connectivity index (χ1n) is 7.68. The first kappa shape index (κ1) is 20.4. The lowest BCUT2D eigenvalue weighted by atomic mass is 10.2. The normalized spacial score (nSPS) is 16.9. The van der Waals surface area contributed by atoms with Crippen LogP contribution in [0.15, 0.2) is 0 Å². The molecule has 1 aliphatic rings. The van der Waals surface area contributed by atoms with Gasteiger partial charge in [-0.1, -0.05) is 0 Å². The van der Waals surface area contributed by atoms with Crippen LogP contribution in [-0.2, 0) is 33.5 Å². The molecule has 10 nitrogen and oxygen atoms in total. The van der Waals surface area contributed by atoms with Crippen molar-refractivity contribution < 1.29 is 38.3 Å². The monoisotopic (exact) mass is 358 g/mol. The van der Waals surface area contributed by atoms with E-state index in [1.807, 2.05) is 0 Å². The third kappa shape index (κ3) is 6.40. The Kier molecular flexibility index (Phi) is 6.49. The quantitative estimate of drug-likeness (QED) is 0.554. The van der Waals surface area contributed by atoms with Crippen molar-refractivity contribution in [1.29, 1.82) is 0 Å². The topological polar surface area (TPSA) is 128 Å². The van der Waals surface area contributed by atoms with E-state index in [2.05, 4.69) is 10.2 Å². The van der Waals surface area contributed by atoms with Crippen LogP contribution < -0.4 is 5.32 Å². The zero-order valence-electron chi connectivity index (χ0n) is 14.8. The van der Waals surface area contributed by atoms with Gasteiger partial charge in [-0.25, -0.2) is 14.4 Å². The summed E-state index contributed by atoms with van der Waals surface area (Å²) in [5.41, 5.74) is -0.736. The average molecular weight is 358 g/mol. The van der Waals surface area contributed by atoms with Crippen LogP contribution in [-0.4, -0.2) is 52.7 Å². The highest BCUT2D eigenvalue weighted by Crippen LogP contribution is 2.13. The Balaban J connectivity index is 2.49. The summed E-state index contributed by atoms with van der Waals surface area (Å²) in [6.45, 7) is 7.54. The second-order valence-electron chi connectivity index (χ2n) is 6.44. The number of imide groups is 1. The highest BCUT2D eigenvalue weighted by atomic mass is 16.7. The van der Waals surface area contributed by atoms with Crippen LogP contribution >= 0.6 is 0 Å². The van der Waals surface area contributed by atoms with Crippen molar-refractivity contribution in [3.8, 4) is 0 Å². The number of rotatable bonds is 5. The maximum absolute atomic E-state index is 11.9. The number of carbonyl (C=O) groups is 5. The van der Waals surface area contributed by atoms with Crippen LogP contribution in [0.3, 0.4) is 0 Å². The average Bonchev–Trinajstić information content (AvgIpc) is 2.76. The maximum Gasteiger partial charge on any atom is 0.408 e. The number of hydroxylamine groups is 2. The lowest BCUT2D eigenvalue weighted by Crippen LogP contribution is -2.44. The van der Waals surface area contributed by atoms with Gasteiger partial charge < -0.3 is 19.6 Å². The summed E-state index contributed by atoms with van der Waals surface area (Å²) >= 11 is 0. The molecule has 0 aromatic carbocycles. The molecule has 1 N–H and O–H groups in total. The summed E-state index contributed by atoms with van der Waals surface area (Å²) in [7, 11) is 0. The Bertz CT molecular complexity index is 565. The molecule has 1 rings (SSSR count). The zero-order valence-corrected chi connectivity index (χ0v) is 14.8. The third-order valence-electron chi connectivity index (χ3n) is 2.90. The highest BCUT2D eigenvalue weighted by molar-refractivity contribution is 6.01. The highest BCUT2D eigenvalue weighted by Gasteiger charge is 2.35. The van der Waals surface area contributed by atoms with Gasteiger partial charge in [-0.3, -0.25) is 9.59 Å². The van der Waals surface area contributed by atoms with E-state index in [9.17, 15) is 24.0 Å². The largest absolute Gasteiger partial charge is 0.449 e. The minimum atomic E-state index is -1.38. The standard InChI is InChI=1S/C15H22N2O8/c1-8(16-14(22)24-15(3,4)5)12(20)23-9(2)13(21)25-17-10(18)6-7-11(17)19/h8-9H,6-7H2,1-5H3,(H,16,22)/t8-,9-/m0/s1. The van der Waals surface area contributed by atoms with E-state index in [-0.39, 0.29) is 12.8 Å². The number of nitrogens with one attached hydrogen (secondary N) is 1. The van der Waals surface area contributed by atoms with Crippen LogP contribution in [0, 0.1) is 0 Å². The van der Waals surface area contributed by atoms with Crippen molar-refractivity contribution in [3.05, 3.63) is 0 Å². The fraction of sp³-hybridized carbons (Fsp3) is 0.667. The lowest BCUT2D eigenvalue weighted by molar-refractivity contribution is -0.205. The third-order valence-corrected chi connectivity index (χ3v) is 2.90. The molecule has 2 atom stereocenters. The van der Waals surface area contributed by atoms with E-state index >= 15 is 0 Å². The number of hydrogen-bond donors (Lipinski definition) is 1. The molecule has 1 saturated heterocycles. The molecule has 0 spiro atoms. The van der Waals surface area contributed by atoms with Gasteiger partial charge in [0.2, 0.25) is 0 Å². The Labute approximate surface area is 144 Å². The molecular weight excluding hydrogens is 336 g/mol. The lowest BCUT2D eigenvalue weighted by Gasteiger charge is -2.22. The van der Waals surface area contributed by atoms with Crippen molar-refractivity contribution in [2.75, 3.05) is 0 Å². The minimum absolute atomic E-state index is 0.0445. The summed E-state index contributed by atoms with van der Waals surface area (Å²) in [5.74, 6) is -3.27. The molecule has 3 amide bonds. The Morgan fingerprint density at radius 3 is 2.04 bits per heavy atom. The van der Waals surface area contributed by atoms with Gasteiger partial charge in [0.1, 0.15) is 11.6 Å². The molecule has 1 aliphatic heterocycles. The van der Waals surface area contributed by atoms with Crippen LogP contribution in [0.4, 0.5) is 4.79 Å². The number of alkyl carbamates (subject to hydrolysis) is 1. The van der Waals surface area contributed by atoms with Crippen LogP contribution in [0.25, 0.3) is 0 Å². The summed E-state index contributed by atoms with van der Waals surface area (Å²) in [5, 5.41) is 2.62. The first-order chi connectivity index (χ1) is 11.4. The Morgan fingerprint density at radius 2 is 1.56 bits per heavy atom. The number of ether oxygens (including phenoxy) is 2. The molecule has 0 aliphatic carbocycles. The van der Waals surface area contributed by atoms with E-state index in [1.165, 1.54) is 13.8 Å². The summed E-state index contributed by atoms with van der Waals surface area (Å²) < 4.78 is 9.84. The zero-order chi connectivity index (χ0) is 19.4. The fourth-order valence-electron chi connectivity index (χ4n) is 1.69. The second kappa shape index (κ2) is 7.95. The number of carbonyl (C=O) groups excluding carboxylic acids is 5. The van der Waals surface area contributed by atoms with Crippen LogP contribution in [0.5, 0.6) is 0 Å². The van der Waals surface area contributed by atoms with Crippen molar-refractivity contribution in [1.82, 2.24) is 10.4 Å². The number of amides is 3. The number of esters is 1. The molecule has 1 fully saturated rings. The van der Waals surface area contributed by atoms with E-state index in [0.29, 0.717) is 5.06 Å².